The highest BCUT2D eigenvalue weighted by atomic mass is 32.2. The lowest BCUT2D eigenvalue weighted by molar-refractivity contribution is 0.0952. The Balaban J connectivity index is 1.52. The second-order valence-electron chi connectivity index (χ2n) is 6.99. The summed E-state index contributed by atoms with van der Waals surface area (Å²) in [7, 11) is -3.57. The summed E-state index contributed by atoms with van der Waals surface area (Å²) in [5, 5.41) is 2.87. The molecule has 0 aliphatic heterocycles. The average Bonchev–Trinajstić information content (AvgIpc) is 3.14. The average molecular weight is 415 g/mol. The predicted molar refractivity (Wildman–Crippen MR) is 113 cm³/mol. The van der Waals surface area contributed by atoms with E-state index >= 15 is 0 Å². The van der Waals surface area contributed by atoms with Crippen LogP contribution in [0.5, 0.6) is 0 Å². The lowest BCUT2D eigenvalue weighted by Gasteiger charge is -2.12. The Morgan fingerprint density at radius 3 is 2.59 bits per heavy atom. The van der Waals surface area contributed by atoms with Gasteiger partial charge >= 0.3 is 0 Å². The van der Waals surface area contributed by atoms with Gasteiger partial charge in [0.05, 0.1) is 22.3 Å². The summed E-state index contributed by atoms with van der Waals surface area (Å²) in [5.74, 6) is -0.223. The number of hydrogen-bond donors (Lipinski definition) is 2. The number of rotatable bonds is 9. The zero-order valence-electron chi connectivity index (χ0n) is 16.6. The molecule has 0 fully saturated rings. The second-order valence-corrected chi connectivity index (χ2v) is 8.71. The van der Waals surface area contributed by atoms with Crippen LogP contribution in [0.1, 0.15) is 37.0 Å². The minimum Gasteiger partial charge on any atom is -0.352 e. The van der Waals surface area contributed by atoms with Crippen LogP contribution in [0.4, 0.5) is 0 Å². The van der Waals surface area contributed by atoms with E-state index < -0.39 is 10.0 Å². The molecule has 1 heterocycles. The van der Waals surface area contributed by atoms with Crippen molar-refractivity contribution < 1.29 is 13.2 Å². The maximum atomic E-state index is 12.3. The molecule has 0 spiro atoms. The Hall–Kier alpha value is -2.71. The first kappa shape index (κ1) is 21.0. The van der Waals surface area contributed by atoms with Gasteiger partial charge in [-0.15, -0.1) is 0 Å². The van der Waals surface area contributed by atoms with Crippen molar-refractivity contribution in [2.75, 3.05) is 6.54 Å². The summed E-state index contributed by atoms with van der Waals surface area (Å²) in [4.78, 5) is 16.8. The number of aromatic nitrogens is 2. The lowest BCUT2D eigenvalue weighted by atomic mass is 10.2. The Morgan fingerprint density at radius 2 is 1.86 bits per heavy atom. The summed E-state index contributed by atoms with van der Waals surface area (Å²) in [6.07, 6.45) is 3.27. The first-order valence-electron chi connectivity index (χ1n) is 9.71. The summed E-state index contributed by atoms with van der Waals surface area (Å²) in [5.41, 5.74) is 2.46. The fourth-order valence-electron chi connectivity index (χ4n) is 2.94. The standard InChI is InChI=1S/C21H26N4O3S/c1-3-16(2)24-29(27,28)18-11-9-17(10-12-18)21(26)22-13-6-14-25-15-23-19-7-4-5-8-20(19)25/h4-5,7-12,15-16,24H,3,6,13-14H2,1-2H3,(H,22,26). The highest BCUT2D eigenvalue weighted by Crippen LogP contribution is 2.13. The van der Waals surface area contributed by atoms with Crippen molar-refractivity contribution in [1.29, 1.82) is 0 Å². The first-order valence-corrected chi connectivity index (χ1v) is 11.2. The van der Waals surface area contributed by atoms with Crippen LogP contribution in [0.2, 0.25) is 0 Å². The van der Waals surface area contributed by atoms with Crippen molar-refractivity contribution in [2.45, 2.75) is 44.2 Å². The fraction of sp³-hybridized carbons (Fsp3) is 0.333. The molecule has 0 saturated carbocycles. The predicted octanol–water partition coefficient (Wildman–Crippen LogP) is 2.93. The maximum absolute atomic E-state index is 12.3. The van der Waals surface area contributed by atoms with Gasteiger partial charge < -0.3 is 9.88 Å². The fourth-order valence-corrected chi connectivity index (χ4v) is 4.27. The smallest absolute Gasteiger partial charge is 0.251 e. The van der Waals surface area contributed by atoms with E-state index in [1.54, 1.807) is 6.33 Å². The molecule has 1 aromatic heterocycles. The number of sulfonamides is 1. The number of carbonyl (C=O) groups excluding carboxylic acids is 1. The number of imidazole rings is 1. The van der Waals surface area contributed by atoms with Gasteiger partial charge in [0, 0.05) is 24.7 Å². The van der Waals surface area contributed by atoms with Crippen LogP contribution in [-0.4, -0.2) is 36.5 Å². The van der Waals surface area contributed by atoms with E-state index in [9.17, 15) is 13.2 Å². The van der Waals surface area contributed by atoms with Crippen molar-refractivity contribution >= 4 is 27.0 Å². The van der Waals surface area contributed by atoms with Gasteiger partial charge in [0.1, 0.15) is 0 Å². The van der Waals surface area contributed by atoms with Gasteiger partial charge in [0.15, 0.2) is 0 Å². The molecule has 3 rings (SSSR count). The van der Waals surface area contributed by atoms with E-state index in [0.717, 1.165) is 24.0 Å². The van der Waals surface area contributed by atoms with E-state index in [0.29, 0.717) is 18.5 Å². The number of fused-ring (bicyclic) bond motifs is 1. The van der Waals surface area contributed by atoms with Gasteiger partial charge in [0.2, 0.25) is 10.0 Å². The van der Waals surface area contributed by atoms with Gasteiger partial charge in [-0.05, 0) is 56.2 Å². The van der Waals surface area contributed by atoms with E-state index in [1.807, 2.05) is 38.1 Å². The van der Waals surface area contributed by atoms with Crippen LogP contribution >= 0.6 is 0 Å². The highest BCUT2D eigenvalue weighted by Gasteiger charge is 2.17. The lowest BCUT2D eigenvalue weighted by Crippen LogP contribution is -2.32. The zero-order chi connectivity index (χ0) is 20.9. The van der Waals surface area contributed by atoms with Crippen LogP contribution in [0.25, 0.3) is 11.0 Å². The third-order valence-electron chi connectivity index (χ3n) is 4.78. The summed E-state index contributed by atoms with van der Waals surface area (Å²) < 4.78 is 29.2. The first-order chi connectivity index (χ1) is 13.9. The number of benzene rings is 2. The molecule has 0 bridgehead atoms. The van der Waals surface area contributed by atoms with Crippen LogP contribution in [0.3, 0.4) is 0 Å². The van der Waals surface area contributed by atoms with E-state index in [2.05, 4.69) is 19.6 Å². The molecule has 7 nitrogen and oxygen atoms in total. The van der Waals surface area contributed by atoms with Gasteiger partial charge in [0.25, 0.3) is 5.91 Å². The normalized spacial score (nSPS) is 12.8. The molecule has 0 aliphatic carbocycles. The number of hydrogen-bond acceptors (Lipinski definition) is 4. The topological polar surface area (TPSA) is 93.1 Å². The van der Waals surface area contributed by atoms with Crippen molar-refractivity contribution in [3.05, 3.63) is 60.4 Å². The molecule has 0 aliphatic rings. The van der Waals surface area contributed by atoms with E-state index in [1.165, 1.54) is 24.3 Å². The quantitative estimate of drug-likeness (QED) is 0.527. The van der Waals surface area contributed by atoms with E-state index in [4.69, 9.17) is 0 Å². The molecular weight excluding hydrogens is 388 g/mol. The number of aryl methyl sites for hydroxylation is 1. The molecule has 154 valence electrons. The molecule has 1 unspecified atom stereocenters. The summed E-state index contributed by atoms with van der Waals surface area (Å²) in [6, 6.07) is 13.8. The molecule has 0 radical (unpaired) electrons. The number of para-hydroxylation sites is 2. The van der Waals surface area contributed by atoms with Crippen molar-refractivity contribution in [1.82, 2.24) is 19.6 Å². The Kier molecular flexibility index (Phi) is 6.66. The summed E-state index contributed by atoms with van der Waals surface area (Å²) >= 11 is 0. The Morgan fingerprint density at radius 1 is 1.14 bits per heavy atom. The monoisotopic (exact) mass is 414 g/mol. The minimum absolute atomic E-state index is 0.143. The number of carbonyl (C=O) groups is 1. The van der Waals surface area contributed by atoms with Gasteiger partial charge in [-0.1, -0.05) is 19.1 Å². The van der Waals surface area contributed by atoms with Crippen LogP contribution < -0.4 is 10.0 Å². The Labute approximate surface area is 171 Å². The molecule has 2 aromatic carbocycles. The molecule has 1 amide bonds. The minimum atomic E-state index is -3.57. The highest BCUT2D eigenvalue weighted by molar-refractivity contribution is 7.89. The number of amides is 1. The SMILES string of the molecule is CCC(C)NS(=O)(=O)c1ccc(C(=O)NCCCn2cnc3ccccc32)cc1. The van der Waals surface area contributed by atoms with E-state index in [-0.39, 0.29) is 16.8 Å². The number of nitrogens with one attached hydrogen (secondary N) is 2. The van der Waals surface area contributed by atoms with Gasteiger partial charge in [-0.2, -0.15) is 0 Å². The molecule has 0 saturated heterocycles. The van der Waals surface area contributed by atoms with Crippen LogP contribution in [0.15, 0.2) is 59.8 Å². The maximum Gasteiger partial charge on any atom is 0.251 e. The van der Waals surface area contributed by atoms with Crippen LogP contribution in [0, 0.1) is 0 Å². The molecule has 29 heavy (non-hydrogen) atoms. The largest absolute Gasteiger partial charge is 0.352 e. The molecule has 2 N–H and O–H groups in total. The van der Waals surface area contributed by atoms with Gasteiger partial charge in [-0.25, -0.2) is 18.1 Å². The van der Waals surface area contributed by atoms with Crippen molar-refractivity contribution in [3.8, 4) is 0 Å². The zero-order valence-corrected chi connectivity index (χ0v) is 17.4. The molecule has 1 atom stereocenters. The molecule has 3 aromatic rings. The van der Waals surface area contributed by atoms with Crippen molar-refractivity contribution in [2.24, 2.45) is 0 Å². The Bertz CT molecular complexity index is 1070. The van der Waals surface area contributed by atoms with Crippen LogP contribution in [-0.2, 0) is 16.6 Å². The molecular formula is C21H26N4O3S. The third-order valence-corrected chi connectivity index (χ3v) is 6.39. The summed E-state index contributed by atoms with van der Waals surface area (Å²) in [6.45, 7) is 4.99. The van der Waals surface area contributed by atoms with Crippen molar-refractivity contribution in [3.63, 3.8) is 0 Å². The van der Waals surface area contributed by atoms with Gasteiger partial charge in [-0.3, -0.25) is 4.79 Å². The second kappa shape index (κ2) is 9.19. The number of nitrogens with zero attached hydrogens (tertiary/aromatic N) is 2. The third kappa shape index (κ3) is 5.21. The molecule has 8 heteroatoms.